The first-order chi connectivity index (χ1) is 16.2. The van der Waals surface area contributed by atoms with E-state index in [0.29, 0.717) is 19.0 Å². The number of nitrogens with one attached hydrogen (secondary N) is 1. The van der Waals surface area contributed by atoms with Gasteiger partial charge in [0.2, 0.25) is 0 Å². The Morgan fingerprint density at radius 3 is 2.76 bits per heavy atom. The minimum absolute atomic E-state index is 0.407. The molecule has 7 nitrogen and oxygen atoms in total. The van der Waals surface area contributed by atoms with E-state index in [9.17, 15) is 4.79 Å². The van der Waals surface area contributed by atoms with Crippen LogP contribution in [0, 0.1) is 0 Å². The normalized spacial score (nSPS) is 14.3. The maximum Gasteiger partial charge on any atom is 0.439 e. The molecule has 0 unspecified atom stereocenters. The van der Waals surface area contributed by atoms with E-state index in [1.165, 1.54) is 0 Å². The van der Waals surface area contributed by atoms with Gasteiger partial charge in [-0.1, -0.05) is 53.7 Å². The molecule has 6 rings (SSSR count). The van der Waals surface area contributed by atoms with Crippen LogP contribution in [0.2, 0.25) is 0 Å². The highest BCUT2D eigenvalue weighted by molar-refractivity contribution is 5.99. The molecule has 0 radical (unpaired) electrons. The number of allylic oxidation sites excluding steroid dienone is 1. The molecule has 3 aromatic carbocycles. The third-order valence-electron chi connectivity index (χ3n) is 5.95. The van der Waals surface area contributed by atoms with Crippen LogP contribution in [0.5, 0.6) is 5.75 Å². The second-order valence-electron chi connectivity index (χ2n) is 8.11. The average molecular weight is 436 g/mol. The van der Waals surface area contributed by atoms with Crippen molar-refractivity contribution in [2.45, 2.75) is 20.1 Å². The number of benzene rings is 3. The number of rotatable bonds is 3. The van der Waals surface area contributed by atoms with Gasteiger partial charge in [0, 0.05) is 22.7 Å². The number of hydrogen-bond donors (Lipinski definition) is 1. The van der Waals surface area contributed by atoms with Crippen LogP contribution < -0.4 is 10.5 Å². The molecule has 0 bridgehead atoms. The molecule has 0 saturated carbocycles. The Morgan fingerprint density at radius 2 is 1.91 bits per heavy atom. The largest absolute Gasteiger partial charge is 0.488 e. The Bertz CT molecular complexity index is 1560. The standard InChI is InChI=1S/C26H20N4O3/c1-16(25-27-26(31)33-29-25)24-20-11-10-17(13-30-14-18-6-2-4-8-22(18)28-30)12-19(20)15-32-23-9-5-3-7-21(23)24/h2-12,14H,13,15H2,1H3,(H,27,29,31)/b24-16+. The summed E-state index contributed by atoms with van der Waals surface area (Å²) in [7, 11) is 0. The lowest BCUT2D eigenvalue weighted by Gasteiger charge is -2.14. The van der Waals surface area contributed by atoms with Gasteiger partial charge in [0.15, 0.2) is 5.82 Å². The van der Waals surface area contributed by atoms with E-state index in [1.54, 1.807) is 0 Å². The summed E-state index contributed by atoms with van der Waals surface area (Å²) >= 11 is 0. The molecular formula is C26H20N4O3. The van der Waals surface area contributed by atoms with E-state index >= 15 is 0 Å². The van der Waals surface area contributed by atoms with E-state index < -0.39 is 5.76 Å². The van der Waals surface area contributed by atoms with Gasteiger partial charge in [-0.3, -0.25) is 14.2 Å². The van der Waals surface area contributed by atoms with Crippen LogP contribution in [0.4, 0.5) is 0 Å². The summed E-state index contributed by atoms with van der Waals surface area (Å²) in [4.78, 5) is 14.2. The van der Waals surface area contributed by atoms with Gasteiger partial charge in [0.05, 0.1) is 12.1 Å². The van der Waals surface area contributed by atoms with E-state index in [1.807, 2.05) is 54.1 Å². The third-order valence-corrected chi connectivity index (χ3v) is 5.95. The Balaban J connectivity index is 1.46. The summed E-state index contributed by atoms with van der Waals surface area (Å²) in [6.07, 6.45) is 2.06. The van der Waals surface area contributed by atoms with E-state index in [4.69, 9.17) is 9.26 Å². The zero-order valence-electron chi connectivity index (χ0n) is 17.9. The molecule has 3 heterocycles. The van der Waals surface area contributed by atoms with Crippen LogP contribution in [0.1, 0.15) is 35.0 Å². The van der Waals surface area contributed by atoms with Gasteiger partial charge in [-0.15, -0.1) is 0 Å². The first-order valence-electron chi connectivity index (χ1n) is 10.7. The average Bonchev–Trinajstić information content (AvgIpc) is 3.40. The lowest BCUT2D eigenvalue weighted by Crippen LogP contribution is -2.03. The number of ether oxygens (including phenoxy) is 1. The number of nitrogens with zero attached hydrogens (tertiary/aromatic N) is 3. The Labute approximate surface area is 188 Å². The van der Waals surface area contributed by atoms with Crippen molar-refractivity contribution in [1.82, 2.24) is 19.9 Å². The van der Waals surface area contributed by atoms with Crippen LogP contribution in [0.25, 0.3) is 22.0 Å². The van der Waals surface area contributed by atoms with Crippen molar-refractivity contribution in [3.63, 3.8) is 0 Å². The van der Waals surface area contributed by atoms with Gasteiger partial charge >= 0.3 is 5.76 Å². The first kappa shape index (κ1) is 19.3. The second-order valence-corrected chi connectivity index (χ2v) is 8.11. The van der Waals surface area contributed by atoms with Crippen molar-refractivity contribution in [3.8, 4) is 5.75 Å². The highest BCUT2D eigenvalue weighted by Gasteiger charge is 2.23. The summed E-state index contributed by atoms with van der Waals surface area (Å²) in [5.74, 6) is 0.615. The number of H-pyrrole nitrogens is 1. The van der Waals surface area contributed by atoms with Crippen molar-refractivity contribution < 1.29 is 9.26 Å². The van der Waals surface area contributed by atoms with Gasteiger partial charge in [-0.25, -0.2) is 4.79 Å². The molecule has 7 heteroatoms. The molecule has 0 atom stereocenters. The van der Waals surface area contributed by atoms with Gasteiger partial charge < -0.3 is 4.74 Å². The molecular weight excluding hydrogens is 416 g/mol. The van der Waals surface area contributed by atoms with Crippen LogP contribution in [-0.2, 0) is 13.2 Å². The number of aromatic amines is 1. The minimum atomic E-state index is -0.578. The third kappa shape index (κ3) is 3.43. The Morgan fingerprint density at radius 1 is 1.06 bits per heavy atom. The predicted molar refractivity (Wildman–Crippen MR) is 125 cm³/mol. The van der Waals surface area contributed by atoms with Crippen molar-refractivity contribution in [1.29, 1.82) is 0 Å². The number of fused-ring (bicyclic) bond motifs is 3. The van der Waals surface area contributed by atoms with Gasteiger partial charge in [-0.05, 0) is 47.4 Å². The number of para-hydroxylation sites is 1. The van der Waals surface area contributed by atoms with Crippen molar-refractivity contribution in [3.05, 3.63) is 112 Å². The summed E-state index contributed by atoms with van der Waals surface area (Å²) in [6, 6.07) is 22.4. The summed E-state index contributed by atoms with van der Waals surface area (Å²) in [5, 5.41) is 9.71. The minimum Gasteiger partial charge on any atom is -0.488 e. The maximum atomic E-state index is 11.6. The lowest BCUT2D eigenvalue weighted by atomic mass is 9.89. The highest BCUT2D eigenvalue weighted by atomic mass is 16.5. The maximum absolute atomic E-state index is 11.6. The Kier molecular flexibility index (Phi) is 4.47. The molecule has 162 valence electrons. The fourth-order valence-corrected chi connectivity index (χ4v) is 4.41. The van der Waals surface area contributed by atoms with E-state index in [2.05, 4.69) is 45.7 Å². The van der Waals surface area contributed by atoms with Crippen LogP contribution >= 0.6 is 0 Å². The SMILES string of the molecule is C/C(=C1/c2ccc(Cn3cc4ccccc4n3)cc2COc2ccccc21)c1noc(=O)[nH]1. The molecule has 5 aromatic rings. The predicted octanol–water partition coefficient (Wildman–Crippen LogP) is 4.63. The lowest BCUT2D eigenvalue weighted by molar-refractivity contribution is 0.307. The molecule has 0 amide bonds. The molecule has 0 spiro atoms. The van der Waals surface area contributed by atoms with Crippen LogP contribution in [0.15, 0.2) is 82.2 Å². The van der Waals surface area contributed by atoms with Gasteiger partial charge in [0.25, 0.3) is 0 Å². The number of aromatic nitrogens is 4. The zero-order valence-corrected chi connectivity index (χ0v) is 17.9. The highest BCUT2D eigenvalue weighted by Crippen LogP contribution is 2.40. The van der Waals surface area contributed by atoms with Crippen molar-refractivity contribution >= 4 is 22.0 Å². The van der Waals surface area contributed by atoms with Crippen LogP contribution in [0.3, 0.4) is 0 Å². The molecule has 1 aliphatic heterocycles. The van der Waals surface area contributed by atoms with Crippen LogP contribution in [-0.4, -0.2) is 19.9 Å². The topological polar surface area (TPSA) is 85.9 Å². The van der Waals surface area contributed by atoms with Crippen molar-refractivity contribution in [2.24, 2.45) is 0 Å². The molecule has 0 aliphatic carbocycles. The van der Waals surface area contributed by atoms with Crippen molar-refractivity contribution in [2.75, 3.05) is 0 Å². The molecule has 33 heavy (non-hydrogen) atoms. The fraction of sp³-hybridized carbons (Fsp3) is 0.115. The molecule has 0 fully saturated rings. The summed E-state index contributed by atoms with van der Waals surface area (Å²) in [6.45, 7) is 3.02. The fourth-order valence-electron chi connectivity index (χ4n) is 4.41. The number of hydrogen-bond acceptors (Lipinski definition) is 5. The molecule has 1 aliphatic rings. The summed E-state index contributed by atoms with van der Waals surface area (Å²) in [5.41, 5.74) is 6.92. The monoisotopic (exact) mass is 436 g/mol. The van der Waals surface area contributed by atoms with Gasteiger partial charge in [-0.2, -0.15) is 5.10 Å². The molecule has 1 N–H and O–H groups in total. The quantitative estimate of drug-likeness (QED) is 0.446. The van der Waals surface area contributed by atoms with Gasteiger partial charge in [0.1, 0.15) is 12.4 Å². The Hall–Kier alpha value is -4.39. The van der Waals surface area contributed by atoms with E-state index in [0.717, 1.165) is 50.1 Å². The zero-order chi connectivity index (χ0) is 22.4. The molecule has 2 aromatic heterocycles. The molecule has 0 saturated heterocycles. The summed E-state index contributed by atoms with van der Waals surface area (Å²) < 4.78 is 12.9. The first-order valence-corrected chi connectivity index (χ1v) is 10.7. The second kappa shape index (κ2) is 7.63. The van der Waals surface area contributed by atoms with E-state index in [-0.39, 0.29) is 0 Å². The smallest absolute Gasteiger partial charge is 0.439 e.